The van der Waals surface area contributed by atoms with Gasteiger partial charge < -0.3 is 0 Å². The average Bonchev–Trinajstić information content (AvgIpc) is 2.99. The van der Waals surface area contributed by atoms with Gasteiger partial charge in [-0.1, -0.05) is 92.8 Å². The van der Waals surface area contributed by atoms with Crippen LogP contribution in [0.25, 0.3) is 0 Å². The van der Waals surface area contributed by atoms with Gasteiger partial charge in [0, 0.05) is 22.3 Å². The first-order valence-corrected chi connectivity index (χ1v) is 12.2. The normalized spacial score (nSPS) is 45.3. The lowest BCUT2D eigenvalue weighted by Crippen LogP contribution is -2.49. The zero-order chi connectivity index (χ0) is 22.8. The molecule has 0 saturated carbocycles. The van der Waals surface area contributed by atoms with Gasteiger partial charge in [0.05, 0.1) is 20.1 Å². The standard InChI is InChI=1S/C16Cl12O2/c17-7-8(18)12(22)2-1(11(7,21)15(12,25)26)5(29)3-4(6(2)30)14(24)10(20)9(19)13(3,23)16(14,27)28. The maximum absolute atomic E-state index is 13.8. The molecule has 160 valence electrons. The minimum Gasteiger partial charge on any atom is -0.289 e. The molecule has 4 atom stereocenters. The van der Waals surface area contributed by atoms with E-state index in [1.807, 2.05) is 0 Å². The molecule has 14 heteroatoms. The molecule has 30 heavy (non-hydrogen) atoms. The molecule has 0 saturated heterocycles. The Hall–Kier alpha value is 1.78. The van der Waals surface area contributed by atoms with Gasteiger partial charge in [0.1, 0.15) is 19.5 Å². The Morgan fingerprint density at radius 3 is 0.733 bits per heavy atom. The molecule has 0 aromatic rings. The second-order valence-electron chi connectivity index (χ2n) is 7.20. The van der Waals surface area contributed by atoms with E-state index in [4.69, 9.17) is 139 Å². The molecule has 4 bridgehead atoms. The van der Waals surface area contributed by atoms with Gasteiger partial charge in [-0.25, -0.2) is 0 Å². The quantitative estimate of drug-likeness (QED) is 0.202. The van der Waals surface area contributed by atoms with Gasteiger partial charge in [-0.05, 0) is 0 Å². The number of Topliss-reactive ketones (excluding diaryl/α,β-unsaturated/α-hetero) is 2. The van der Waals surface area contributed by atoms with Gasteiger partial charge >= 0.3 is 0 Å². The summed E-state index contributed by atoms with van der Waals surface area (Å²) >= 11 is 77.8. The number of rotatable bonds is 0. The van der Waals surface area contributed by atoms with Gasteiger partial charge in [-0.2, -0.15) is 0 Å². The molecule has 0 N–H and O–H groups in total. The Kier molecular flexibility index (Phi) is 4.66. The smallest absolute Gasteiger partial charge is 0.190 e. The molecule has 0 heterocycles. The van der Waals surface area contributed by atoms with Crippen LogP contribution in [0.2, 0.25) is 0 Å². The predicted octanol–water partition coefficient (Wildman–Crippen LogP) is 7.42. The molecule has 0 fully saturated rings. The first kappa shape index (κ1) is 23.5. The number of hydrogen-bond acceptors (Lipinski definition) is 2. The Balaban J connectivity index is 1.88. The summed E-state index contributed by atoms with van der Waals surface area (Å²) in [6.45, 7) is 0. The minimum absolute atomic E-state index is 0.315. The second kappa shape index (κ2) is 5.94. The Morgan fingerprint density at radius 1 is 0.400 bits per heavy atom. The van der Waals surface area contributed by atoms with Crippen LogP contribution in [0.4, 0.5) is 0 Å². The van der Waals surface area contributed by atoms with E-state index < -0.39 is 62.0 Å². The van der Waals surface area contributed by atoms with Crippen molar-refractivity contribution in [2.45, 2.75) is 28.2 Å². The van der Waals surface area contributed by atoms with E-state index in [1.54, 1.807) is 0 Å². The van der Waals surface area contributed by atoms with Crippen LogP contribution in [0, 0.1) is 0 Å². The number of ketones is 2. The van der Waals surface area contributed by atoms with E-state index in [-0.39, 0.29) is 20.1 Å². The zero-order valence-electron chi connectivity index (χ0n) is 13.4. The maximum atomic E-state index is 13.8. The summed E-state index contributed by atoms with van der Waals surface area (Å²) in [5.74, 6) is -1.81. The van der Waals surface area contributed by atoms with Crippen molar-refractivity contribution in [2.75, 3.05) is 0 Å². The van der Waals surface area contributed by atoms with E-state index in [1.165, 1.54) is 0 Å². The van der Waals surface area contributed by atoms with Gasteiger partial charge in [0.25, 0.3) is 0 Å². The molecule has 0 aromatic heterocycles. The van der Waals surface area contributed by atoms with Crippen LogP contribution in [-0.2, 0) is 9.59 Å². The lowest BCUT2D eigenvalue weighted by Gasteiger charge is -2.35. The third-order valence-electron chi connectivity index (χ3n) is 6.11. The average molecular weight is 650 g/mol. The fourth-order valence-corrected chi connectivity index (χ4v) is 10.1. The van der Waals surface area contributed by atoms with Crippen molar-refractivity contribution in [3.8, 4) is 0 Å². The van der Waals surface area contributed by atoms with Crippen LogP contribution >= 0.6 is 139 Å². The fraction of sp³-hybridized carbons (Fsp3) is 0.375. The van der Waals surface area contributed by atoms with Crippen molar-refractivity contribution >= 4 is 151 Å². The summed E-state index contributed by atoms with van der Waals surface area (Å²) in [6.07, 6.45) is 0. The van der Waals surface area contributed by atoms with Crippen molar-refractivity contribution in [1.29, 1.82) is 0 Å². The number of carbonyl (C=O) groups is 2. The fourth-order valence-electron chi connectivity index (χ4n) is 4.72. The van der Waals surface area contributed by atoms with Gasteiger partial charge in [0.15, 0.2) is 20.2 Å². The highest BCUT2D eigenvalue weighted by molar-refractivity contribution is 6.73. The number of hydrogen-bond donors (Lipinski definition) is 0. The third kappa shape index (κ3) is 1.78. The van der Waals surface area contributed by atoms with Crippen LogP contribution < -0.4 is 0 Å². The number of halogens is 12. The van der Waals surface area contributed by atoms with Crippen LogP contribution in [-0.4, -0.2) is 39.7 Å². The van der Waals surface area contributed by atoms with E-state index >= 15 is 0 Å². The first-order valence-electron chi connectivity index (χ1n) is 7.68. The lowest BCUT2D eigenvalue weighted by molar-refractivity contribution is -0.116. The third-order valence-corrected chi connectivity index (χ3v) is 14.3. The first-order chi connectivity index (χ1) is 13.4. The zero-order valence-corrected chi connectivity index (χ0v) is 22.4. The molecule has 0 radical (unpaired) electrons. The van der Waals surface area contributed by atoms with Crippen LogP contribution in [0.1, 0.15) is 0 Å². The molecule has 2 nitrogen and oxygen atoms in total. The molecule has 5 aliphatic carbocycles. The minimum atomic E-state index is -2.22. The molecule has 5 aliphatic rings. The molecule has 5 rings (SSSR count). The predicted molar refractivity (Wildman–Crippen MR) is 125 cm³/mol. The largest absolute Gasteiger partial charge is 0.289 e. The highest BCUT2D eigenvalue weighted by Crippen LogP contribution is 2.80. The molecular formula is C16Cl12O2. The number of allylic oxidation sites excluding steroid dienone is 8. The molecule has 4 unspecified atom stereocenters. The maximum Gasteiger partial charge on any atom is 0.190 e. The summed E-state index contributed by atoms with van der Waals surface area (Å²) in [5.41, 5.74) is -1.61. The monoisotopic (exact) mass is 644 g/mol. The summed E-state index contributed by atoms with van der Waals surface area (Å²) < 4.78 is -4.43. The number of carbonyl (C=O) groups excluding carboxylic acids is 2. The summed E-state index contributed by atoms with van der Waals surface area (Å²) in [4.78, 5) is 18.9. The van der Waals surface area contributed by atoms with Crippen LogP contribution in [0.5, 0.6) is 0 Å². The van der Waals surface area contributed by atoms with Crippen LogP contribution in [0.15, 0.2) is 42.4 Å². The molecular weight excluding hydrogens is 650 g/mol. The molecule has 0 aromatic carbocycles. The van der Waals surface area contributed by atoms with Crippen molar-refractivity contribution in [2.24, 2.45) is 0 Å². The van der Waals surface area contributed by atoms with Gasteiger partial charge in [-0.15, -0.1) is 46.4 Å². The molecule has 0 spiro atoms. The Morgan fingerprint density at radius 2 is 0.567 bits per heavy atom. The van der Waals surface area contributed by atoms with E-state index in [2.05, 4.69) is 0 Å². The molecule has 0 amide bonds. The Labute approximate surface area is 228 Å². The molecule has 0 aliphatic heterocycles. The van der Waals surface area contributed by atoms with Crippen LogP contribution in [0.3, 0.4) is 0 Å². The Bertz CT molecular complexity index is 1020. The van der Waals surface area contributed by atoms with Crippen molar-refractivity contribution < 1.29 is 9.59 Å². The van der Waals surface area contributed by atoms with Gasteiger partial charge in [0.2, 0.25) is 0 Å². The van der Waals surface area contributed by atoms with Crippen molar-refractivity contribution in [1.82, 2.24) is 0 Å². The number of fused-ring (bicyclic) bond motifs is 8. The summed E-state index contributed by atoms with van der Waals surface area (Å²) in [5, 5.41) is -1.26. The summed E-state index contributed by atoms with van der Waals surface area (Å²) in [6, 6.07) is 0. The second-order valence-corrected chi connectivity index (χ2v) is 13.6. The summed E-state index contributed by atoms with van der Waals surface area (Å²) in [7, 11) is 0. The highest BCUT2D eigenvalue weighted by Gasteiger charge is 2.86. The van der Waals surface area contributed by atoms with E-state index in [9.17, 15) is 9.59 Å². The number of alkyl halides is 8. The SMILES string of the molecule is O=C1C2=C(C(=O)C3=C1C1(Cl)C(Cl)=C(Cl)C3(Cl)C1(Cl)Cl)C1(Cl)C(Cl)=C(Cl)C2(Cl)C1(Cl)Cl. The lowest BCUT2D eigenvalue weighted by atomic mass is 9.75. The van der Waals surface area contributed by atoms with Crippen molar-refractivity contribution in [3.05, 3.63) is 42.4 Å². The van der Waals surface area contributed by atoms with Crippen molar-refractivity contribution in [3.63, 3.8) is 0 Å². The van der Waals surface area contributed by atoms with Gasteiger partial charge in [-0.3, -0.25) is 9.59 Å². The topological polar surface area (TPSA) is 34.1 Å². The highest BCUT2D eigenvalue weighted by atomic mass is 35.5. The van der Waals surface area contributed by atoms with E-state index in [0.717, 1.165) is 0 Å². The van der Waals surface area contributed by atoms with E-state index in [0.29, 0.717) is 0 Å².